The van der Waals surface area contributed by atoms with Crippen molar-refractivity contribution in [1.82, 2.24) is 4.90 Å². The van der Waals surface area contributed by atoms with E-state index in [9.17, 15) is 5.11 Å². The number of hydrogen-bond acceptors (Lipinski definition) is 4. The standard InChI is InChI=1S/C18H33NO3/c1-17(2)14-4-6-18(17,3)16(12-14)22-9-5-15(20)13-19-7-10-21-11-8-19/h14-16,20H,4-13H2,1-3H3/t14-,15+,16-,18-/m0/s1. The van der Waals surface area contributed by atoms with Crippen LogP contribution in [0.1, 0.15) is 46.5 Å². The molecule has 3 fully saturated rings. The smallest absolute Gasteiger partial charge is 0.0689 e. The minimum Gasteiger partial charge on any atom is -0.392 e. The molecule has 22 heavy (non-hydrogen) atoms. The Labute approximate surface area is 135 Å². The normalized spacial score (nSPS) is 39.3. The van der Waals surface area contributed by atoms with Gasteiger partial charge in [0.1, 0.15) is 0 Å². The molecule has 0 spiro atoms. The summed E-state index contributed by atoms with van der Waals surface area (Å²) in [7, 11) is 0. The van der Waals surface area contributed by atoms with Crippen molar-refractivity contribution in [3.05, 3.63) is 0 Å². The van der Waals surface area contributed by atoms with Gasteiger partial charge in [-0.3, -0.25) is 4.90 Å². The highest BCUT2D eigenvalue weighted by molar-refractivity contribution is 5.11. The van der Waals surface area contributed by atoms with Gasteiger partial charge >= 0.3 is 0 Å². The van der Waals surface area contributed by atoms with E-state index in [1.165, 1.54) is 19.3 Å². The molecular weight excluding hydrogens is 278 g/mol. The zero-order chi connectivity index (χ0) is 15.8. The molecule has 0 unspecified atom stereocenters. The maximum absolute atomic E-state index is 10.2. The first kappa shape index (κ1) is 16.7. The van der Waals surface area contributed by atoms with Gasteiger partial charge in [0.2, 0.25) is 0 Å². The summed E-state index contributed by atoms with van der Waals surface area (Å²) in [6, 6.07) is 0. The Morgan fingerprint density at radius 1 is 1.27 bits per heavy atom. The van der Waals surface area contributed by atoms with E-state index in [0.29, 0.717) is 23.5 Å². The summed E-state index contributed by atoms with van der Waals surface area (Å²) < 4.78 is 11.6. The lowest BCUT2D eigenvalue weighted by Gasteiger charge is -2.39. The first-order valence-corrected chi connectivity index (χ1v) is 9.03. The molecule has 1 saturated heterocycles. The number of nitrogens with zero attached hydrogens (tertiary/aromatic N) is 1. The first-order chi connectivity index (χ1) is 10.4. The van der Waals surface area contributed by atoms with Crippen LogP contribution in [0, 0.1) is 16.7 Å². The molecule has 2 saturated carbocycles. The molecule has 0 aromatic heterocycles. The molecule has 4 heteroatoms. The topological polar surface area (TPSA) is 41.9 Å². The number of aliphatic hydroxyl groups excluding tert-OH is 1. The molecule has 4 atom stereocenters. The lowest BCUT2D eigenvalue weighted by molar-refractivity contribution is -0.0583. The van der Waals surface area contributed by atoms with E-state index in [1.54, 1.807) is 0 Å². The van der Waals surface area contributed by atoms with Crippen molar-refractivity contribution in [2.24, 2.45) is 16.7 Å². The SMILES string of the molecule is CC1(C)[C@H]2CC[C@@]1(C)[C@@H](OCC[C@@H](O)CN1CCOCC1)C2. The Morgan fingerprint density at radius 3 is 2.59 bits per heavy atom. The molecule has 3 aliphatic rings. The van der Waals surface area contributed by atoms with Gasteiger partial charge in [0.05, 0.1) is 25.4 Å². The Kier molecular flexibility index (Phi) is 4.84. The third-order valence-electron chi connectivity index (χ3n) is 7.06. The minimum absolute atomic E-state index is 0.280. The summed E-state index contributed by atoms with van der Waals surface area (Å²) in [5.41, 5.74) is 0.733. The van der Waals surface area contributed by atoms with Gasteiger partial charge in [-0.05, 0) is 42.4 Å². The van der Waals surface area contributed by atoms with Crippen molar-refractivity contribution in [1.29, 1.82) is 0 Å². The van der Waals surface area contributed by atoms with Crippen molar-refractivity contribution in [3.63, 3.8) is 0 Å². The second kappa shape index (κ2) is 6.39. The molecule has 1 heterocycles. The fraction of sp³-hybridized carbons (Fsp3) is 1.00. The number of rotatable bonds is 6. The average Bonchev–Trinajstić information content (AvgIpc) is 2.81. The van der Waals surface area contributed by atoms with E-state index in [0.717, 1.165) is 45.2 Å². The summed E-state index contributed by atoms with van der Waals surface area (Å²) in [5, 5.41) is 10.2. The quantitative estimate of drug-likeness (QED) is 0.817. The van der Waals surface area contributed by atoms with E-state index in [1.807, 2.05) is 0 Å². The molecule has 0 aromatic rings. The summed E-state index contributed by atoms with van der Waals surface area (Å²) in [6.07, 6.45) is 4.72. The zero-order valence-electron chi connectivity index (χ0n) is 14.5. The van der Waals surface area contributed by atoms with Crippen LogP contribution in [-0.2, 0) is 9.47 Å². The number of β-amino-alcohol motifs (C(OH)–C–C–N with tert-alkyl or cyclic N) is 1. The molecule has 2 aliphatic carbocycles. The second-order valence-corrected chi connectivity index (χ2v) is 8.33. The van der Waals surface area contributed by atoms with Crippen molar-refractivity contribution >= 4 is 0 Å². The third-order valence-corrected chi connectivity index (χ3v) is 7.06. The molecule has 1 N–H and O–H groups in total. The maximum Gasteiger partial charge on any atom is 0.0689 e. The van der Waals surface area contributed by atoms with E-state index in [-0.39, 0.29) is 6.10 Å². The van der Waals surface area contributed by atoms with Crippen LogP contribution in [0.2, 0.25) is 0 Å². The number of ether oxygens (including phenoxy) is 2. The lowest BCUT2D eigenvalue weighted by Crippen LogP contribution is -2.41. The molecule has 0 aromatic carbocycles. The van der Waals surface area contributed by atoms with Crippen LogP contribution in [0.15, 0.2) is 0 Å². The summed E-state index contributed by atoms with van der Waals surface area (Å²) >= 11 is 0. The average molecular weight is 311 g/mol. The number of hydrogen-bond donors (Lipinski definition) is 1. The van der Waals surface area contributed by atoms with Crippen LogP contribution in [0.4, 0.5) is 0 Å². The third kappa shape index (κ3) is 2.95. The van der Waals surface area contributed by atoms with E-state index < -0.39 is 0 Å². The minimum atomic E-state index is -0.280. The van der Waals surface area contributed by atoms with Crippen LogP contribution in [0.5, 0.6) is 0 Å². The molecule has 128 valence electrons. The van der Waals surface area contributed by atoms with Crippen molar-refractivity contribution in [2.75, 3.05) is 39.5 Å². The number of morpholine rings is 1. The van der Waals surface area contributed by atoms with E-state index in [2.05, 4.69) is 25.7 Å². The summed E-state index contributed by atoms with van der Waals surface area (Å²) in [4.78, 5) is 2.29. The predicted octanol–water partition coefficient (Wildman–Crippen LogP) is 2.30. The highest BCUT2D eigenvalue weighted by Gasteiger charge is 2.61. The fourth-order valence-corrected chi connectivity index (χ4v) is 4.90. The molecule has 0 radical (unpaired) electrons. The first-order valence-electron chi connectivity index (χ1n) is 9.03. The van der Waals surface area contributed by atoms with Crippen molar-refractivity contribution in [3.8, 4) is 0 Å². The molecule has 3 rings (SSSR count). The molecule has 1 aliphatic heterocycles. The summed E-state index contributed by atoms with van der Waals surface area (Å²) in [5.74, 6) is 0.820. The van der Waals surface area contributed by atoms with Crippen LogP contribution >= 0.6 is 0 Å². The van der Waals surface area contributed by atoms with E-state index in [4.69, 9.17) is 9.47 Å². The van der Waals surface area contributed by atoms with Gasteiger partial charge < -0.3 is 14.6 Å². The molecular formula is C18H33NO3. The number of aliphatic hydroxyl groups is 1. The Balaban J connectivity index is 1.40. The van der Waals surface area contributed by atoms with Crippen molar-refractivity contribution < 1.29 is 14.6 Å². The monoisotopic (exact) mass is 311 g/mol. The van der Waals surface area contributed by atoms with Gasteiger partial charge in [0.15, 0.2) is 0 Å². The maximum atomic E-state index is 10.2. The molecule has 0 amide bonds. The van der Waals surface area contributed by atoms with Gasteiger partial charge in [-0.15, -0.1) is 0 Å². The van der Waals surface area contributed by atoms with Crippen LogP contribution in [0.3, 0.4) is 0 Å². The second-order valence-electron chi connectivity index (χ2n) is 8.33. The number of fused-ring (bicyclic) bond motifs is 2. The van der Waals surface area contributed by atoms with E-state index >= 15 is 0 Å². The van der Waals surface area contributed by atoms with Gasteiger partial charge in [-0.1, -0.05) is 20.8 Å². The Hall–Kier alpha value is -0.160. The van der Waals surface area contributed by atoms with Gasteiger partial charge in [-0.25, -0.2) is 0 Å². The highest BCUT2D eigenvalue weighted by Crippen LogP contribution is 2.66. The molecule has 4 nitrogen and oxygen atoms in total. The summed E-state index contributed by atoms with van der Waals surface area (Å²) in [6.45, 7) is 12.2. The van der Waals surface area contributed by atoms with Crippen LogP contribution in [0.25, 0.3) is 0 Å². The van der Waals surface area contributed by atoms with Crippen LogP contribution < -0.4 is 0 Å². The van der Waals surface area contributed by atoms with Gasteiger partial charge in [-0.2, -0.15) is 0 Å². The Morgan fingerprint density at radius 2 is 2.00 bits per heavy atom. The Bertz CT molecular complexity index is 381. The predicted molar refractivity (Wildman–Crippen MR) is 86.9 cm³/mol. The fourth-order valence-electron chi connectivity index (χ4n) is 4.90. The zero-order valence-corrected chi connectivity index (χ0v) is 14.5. The van der Waals surface area contributed by atoms with Gasteiger partial charge in [0, 0.05) is 26.2 Å². The molecule has 2 bridgehead atoms. The van der Waals surface area contributed by atoms with Crippen LogP contribution in [-0.4, -0.2) is 61.7 Å². The highest BCUT2D eigenvalue weighted by atomic mass is 16.5. The lowest BCUT2D eigenvalue weighted by atomic mass is 9.70. The van der Waals surface area contributed by atoms with Gasteiger partial charge in [0.25, 0.3) is 0 Å². The van der Waals surface area contributed by atoms with Crippen molar-refractivity contribution in [2.45, 2.75) is 58.7 Å². The largest absolute Gasteiger partial charge is 0.392 e.